The Labute approximate surface area is 170 Å². The summed E-state index contributed by atoms with van der Waals surface area (Å²) >= 11 is 5.96. The molecule has 0 aliphatic carbocycles. The van der Waals surface area contributed by atoms with Crippen molar-refractivity contribution in [3.05, 3.63) is 70.8 Å². The lowest BCUT2D eigenvalue weighted by Crippen LogP contribution is -2.18. The smallest absolute Gasteiger partial charge is 0.240 e. The molecule has 8 nitrogen and oxygen atoms in total. The van der Waals surface area contributed by atoms with Gasteiger partial charge in [-0.05, 0) is 42.0 Å². The summed E-state index contributed by atoms with van der Waals surface area (Å²) in [6.45, 7) is 0. The first-order chi connectivity index (χ1) is 13.7. The van der Waals surface area contributed by atoms with E-state index in [1.54, 1.807) is 0 Å². The van der Waals surface area contributed by atoms with Crippen LogP contribution >= 0.6 is 11.6 Å². The van der Waals surface area contributed by atoms with Gasteiger partial charge in [0.25, 0.3) is 0 Å². The number of anilines is 1. The van der Waals surface area contributed by atoms with Gasteiger partial charge in [-0.1, -0.05) is 11.6 Å². The summed E-state index contributed by atoms with van der Waals surface area (Å²) < 4.78 is 38.6. The molecule has 0 aliphatic rings. The van der Waals surface area contributed by atoms with Gasteiger partial charge in [-0.2, -0.15) is 10.4 Å². The maximum atomic E-state index is 13.3. The predicted octanol–water partition coefficient (Wildman–Crippen LogP) is 2.37. The number of hydrogen-bond acceptors (Lipinski definition) is 5. The maximum absolute atomic E-state index is 13.3. The van der Waals surface area contributed by atoms with Gasteiger partial charge < -0.3 is 5.32 Å². The van der Waals surface area contributed by atoms with Crippen molar-refractivity contribution in [3.8, 4) is 11.8 Å². The molecule has 1 heterocycles. The summed E-state index contributed by atoms with van der Waals surface area (Å²) in [4.78, 5) is 12.0. The number of carbonyl (C=O) groups is 1. The number of nitrogens with zero attached hydrogens (tertiary/aromatic N) is 3. The van der Waals surface area contributed by atoms with Gasteiger partial charge in [0, 0.05) is 16.9 Å². The van der Waals surface area contributed by atoms with Gasteiger partial charge in [0.15, 0.2) is 0 Å². The number of aromatic nitrogens is 2. The highest BCUT2D eigenvalue weighted by Gasteiger charge is 2.18. The third kappa shape index (κ3) is 4.78. The Bertz CT molecular complexity index is 1250. The van der Waals surface area contributed by atoms with Gasteiger partial charge >= 0.3 is 0 Å². The number of rotatable bonds is 5. The number of nitrogens with two attached hydrogens (primary N) is 1. The minimum absolute atomic E-state index is 0.111. The standard InChI is InChI=1S/C18H13ClFN5O3S/c19-15-3-1-13(20)5-12(15)6-18(26)24-14-2-4-16(17(7-14)29(22,27)28)25-10-11(8-21)9-23-25/h1-5,7,9-10H,6H2,(H,24,26)(H2,22,27,28). The third-order valence-corrected chi connectivity index (χ3v) is 5.18. The van der Waals surface area contributed by atoms with E-state index in [-0.39, 0.29) is 38.8 Å². The number of amides is 1. The van der Waals surface area contributed by atoms with Crippen molar-refractivity contribution in [1.82, 2.24) is 9.78 Å². The van der Waals surface area contributed by atoms with Crippen LogP contribution in [0.5, 0.6) is 0 Å². The molecule has 0 spiro atoms. The number of carbonyl (C=O) groups excluding carboxylic acids is 1. The van der Waals surface area contributed by atoms with Gasteiger partial charge in [0.2, 0.25) is 15.9 Å². The van der Waals surface area contributed by atoms with Crippen LogP contribution in [0.4, 0.5) is 10.1 Å². The van der Waals surface area contributed by atoms with Crippen LogP contribution < -0.4 is 10.5 Å². The molecule has 0 radical (unpaired) electrons. The normalized spacial score (nSPS) is 11.1. The van der Waals surface area contributed by atoms with Crippen molar-refractivity contribution in [2.24, 2.45) is 5.14 Å². The van der Waals surface area contributed by atoms with E-state index in [0.717, 1.165) is 6.07 Å². The van der Waals surface area contributed by atoms with E-state index >= 15 is 0 Å². The monoisotopic (exact) mass is 433 g/mol. The van der Waals surface area contributed by atoms with Crippen LogP contribution in [0.2, 0.25) is 5.02 Å². The number of nitriles is 1. The Balaban J connectivity index is 1.90. The van der Waals surface area contributed by atoms with Crippen LogP contribution in [-0.2, 0) is 21.2 Å². The van der Waals surface area contributed by atoms with E-state index in [9.17, 15) is 17.6 Å². The lowest BCUT2D eigenvalue weighted by Gasteiger charge is -2.12. The van der Waals surface area contributed by atoms with Gasteiger partial charge in [-0.25, -0.2) is 22.6 Å². The second-order valence-corrected chi connectivity index (χ2v) is 7.91. The summed E-state index contributed by atoms with van der Waals surface area (Å²) in [5.74, 6) is -1.06. The highest BCUT2D eigenvalue weighted by atomic mass is 35.5. The summed E-state index contributed by atoms with van der Waals surface area (Å²) in [7, 11) is -4.17. The van der Waals surface area contributed by atoms with Crippen LogP contribution in [0.3, 0.4) is 0 Å². The number of halogens is 2. The molecule has 1 amide bonds. The Kier molecular flexibility index (Phi) is 5.65. The highest BCUT2D eigenvalue weighted by Crippen LogP contribution is 2.24. The Morgan fingerprint density at radius 2 is 2.07 bits per heavy atom. The molecule has 0 saturated carbocycles. The number of primary sulfonamides is 1. The molecule has 29 heavy (non-hydrogen) atoms. The molecule has 3 aromatic rings. The van der Waals surface area contributed by atoms with Crippen molar-refractivity contribution < 1.29 is 17.6 Å². The molecule has 0 bridgehead atoms. The van der Waals surface area contributed by atoms with Gasteiger partial charge in [-0.15, -0.1) is 0 Å². The summed E-state index contributed by atoms with van der Waals surface area (Å²) in [6, 6.07) is 9.55. The lowest BCUT2D eigenvalue weighted by molar-refractivity contribution is -0.115. The fourth-order valence-electron chi connectivity index (χ4n) is 2.58. The van der Waals surface area contributed by atoms with Crippen molar-refractivity contribution in [2.75, 3.05) is 5.32 Å². The zero-order chi connectivity index (χ0) is 21.2. The number of hydrogen-bond donors (Lipinski definition) is 2. The number of nitrogens with one attached hydrogen (secondary N) is 1. The molecule has 0 atom stereocenters. The van der Waals surface area contributed by atoms with Crippen LogP contribution in [0, 0.1) is 17.1 Å². The van der Waals surface area contributed by atoms with Crippen molar-refractivity contribution in [2.45, 2.75) is 11.3 Å². The molecular weight excluding hydrogens is 421 g/mol. The first-order valence-electron chi connectivity index (χ1n) is 8.03. The maximum Gasteiger partial charge on any atom is 0.240 e. The molecule has 0 aliphatic heterocycles. The molecule has 148 valence electrons. The Morgan fingerprint density at radius 3 is 2.72 bits per heavy atom. The van der Waals surface area contributed by atoms with Gasteiger partial charge in [-0.3, -0.25) is 4.79 Å². The summed E-state index contributed by atoms with van der Waals surface area (Å²) in [6.07, 6.45) is 2.40. The van der Waals surface area contributed by atoms with Gasteiger partial charge in [0.05, 0.1) is 23.9 Å². The van der Waals surface area contributed by atoms with E-state index in [1.807, 2.05) is 6.07 Å². The zero-order valence-corrected chi connectivity index (χ0v) is 16.2. The summed E-state index contributed by atoms with van der Waals surface area (Å²) in [5.41, 5.74) is 0.783. The number of benzene rings is 2. The average Bonchev–Trinajstić information content (AvgIpc) is 3.13. The van der Waals surface area contributed by atoms with Crippen LogP contribution in [0.15, 0.2) is 53.7 Å². The van der Waals surface area contributed by atoms with E-state index < -0.39 is 21.7 Å². The average molecular weight is 434 g/mol. The predicted molar refractivity (Wildman–Crippen MR) is 103 cm³/mol. The minimum Gasteiger partial charge on any atom is -0.326 e. The SMILES string of the molecule is N#Cc1cnn(-c2ccc(NC(=O)Cc3cc(F)ccc3Cl)cc2S(N)(=O)=O)c1. The van der Waals surface area contributed by atoms with Crippen LogP contribution in [-0.4, -0.2) is 24.1 Å². The van der Waals surface area contributed by atoms with E-state index in [0.29, 0.717) is 0 Å². The molecule has 3 rings (SSSR count). The first kappa shape index (κ1) is 20.5. The molecule has 11 heteroatoms. The fourth-order valence-corrected chi connectivity index (χ4v) is 3.51. The van der Waals surface area contributed by atoms with Crippen molar-refractivity contribution >= 4 is 33.2 Å². The highest BCUT2D eigenvalue weighted by molar-refractivity contribution is 7.89. The lowest BCUT2D eigenvalue weighted by atomic mass is 10.1. The van der Waals surface area contributed by atoms with E-state index in [1.165, 1.54) is 47.4 Å². The quantitative estimate of drug-likeness (QED) is 0.637. The van der Waals surface area contributed by atoms with E-state index in [4.69, 9.17) is 22.0 Å². The molecule has 2 aromatic carbocycles. The molecule has 0 unspecified atom stereocenters. The summed E-state index contributed by atoms with van der Waals surface area (Å²) in [5, 5.41) is 20.9. The Morgan fingerprint density at radius 1 is 1.31 bits per heavy atom. The minimum atomic E-state index is -4.17. The molecule has 3 N–H and O–H groups in total. The van der Waals surface area contributed by atoms with Crippen molar-refractivity contribution in [1.29, 1.82) is 5.26 Å². The molecule has 1 aromatic heterocycles. The zero-order valence-electron chi connectivity index (χ0n) is 14.6. The number of sulfonamides is 1. The van der Waals surface area contributed by atoms with E-state index in [2.05, 4.69) is 10.4 Å². The molecular formula is C18H13ClFN5O3S. The topological polar surface area (TPSA) is 131 Å². The largest absolute Gasteiger partial charge is 0.326 e. The third-order valence-electron chi connectivity index (χ3n) is 3.87. The van der Waals surface area contributed by atoms with Gasteiger partial charge in [0.1, 0.15) is 16.8 Å². The van der Waals surface area contributed by atoms with Crippen molar-refractivity contribution in [3.63, 3.8) is 0 Å². The first-order valence-corrected chi connectivity index (χ1v) is 9.95. The molecule has 0 saturated heterocycles. The second kappa shape index (κ2) is 8.00. The molecule has 0 fully saturated rings. The second-order valence-electron chi connectivity index (χ2n) is 5.97. The Hall–Kier alpha value is -3.26. The van der Waals surface area contributed by atoms with Crippen LogP contribution in [0.25, 0.3) is 5.69 Å². The fraction of sp³-hybridized carbons (Fsp3) is 0.0556. The van der Waals surface area contributed by atoms with Crippen LogP contribution in [0.1, 0.15) is 11.1 Å².